The fraction of sp³-hybridized carbons (Fsp3) is 0.214. The van der Waals surface area contributed by atoms with Gasteiger partial charge in [-0.1, -0.05) is 0 Å². The molecule has 0 bridgehead atoms. The highest BCUT2D eigenvalue weighted by atomic mass is 79.9. The molecule has 0 spiro atoms. The first kappa shape index (κ1) is 13.8. The molecular formula is C14H13BrFNO2. The van der Waals surface area contributed by atoms with Crippen molar-refractivity contribution < 1.29 is 13.9 Å². The third kappa shape index (κ3) is 3.67. The van der Waals surface area contributed by atoms with Gasteiger partial charge in [0.15, 0.2) is 0 Å². The van der Waals surface area contributed by atoms with Gasteiger partial charge < -0.3 is 9.47 Å². The van der Waals surface area contributed by atoms with Crippen LogP contribution in [-0.4, -0.2) is 12.1 Å². The Bertz CT molecular complexity index is 590. The number of aromatic nitrogens is 1. The van der Waals surface area contributed by atoms with E-state index < -0.39 is 0 Å². The highest BCUT2D eigenvalue weighted by Gasteiger charge is 2.04. The topological polar surface area (TPSA) is 31.4 Å². The van der Waals surface area contributed by atoms with Crippen LogP contribution in [0.25, 0.3) is 0 Å². The Labute approximate surface area is 119 Å². The molecule has 1 aromatic heterocycles. The van der Waals surface area contributed by atoms with Crippen molar-refractivity contribution in [2.45, 2.75) is 13.5 Å². The molecule has 0 saturated carbocycles. The van der Waals surface area contributed by atoms with Crippen molar-refractivity contribution in [2.24, 2.45) is 0 Å². The molecule has 0 aliphatic heterocycles. The summed E-state index contributed by atoms with van der Waals surface area (Å²) in [5, 5.41) is 0. The predicted octanol–water partition coefficient (Wildman–Crippen LogP) is 3.88. The number of nitrogens with zero attached hydrogens (tertiary/aromatic N) is 1. The van der Waals surface area contributed by atoms with Crippen molar-refractivity contribution in [3.63, 3.8) is 0 Å². The van der Waals surface area contributed by atoms with Gasteiger partial charge in [0.2, 0.25) is 0 Å². The Morgan fingerprint density at radius 3 is 2.68 bits per heavy atom. The average molecular weight is 326 g/mol. The monoisotopic (exact) mass is 325 g/mol. The lowest BCUT2D eigenvalue weighted by Crippen LogP contribution is -2.00. The summed E-state index contributed by atoms with van der Waals surface area (Å²) < 4.78 is 24.4. The molecule has 0 fully saturated rings. The van der Waals surface area contributed by atoms with Crippen molar-refractivity contribution >= 4 is 15.9 Å². The molecule has 0 atom stereocenters. The summed E-state index contributed by atoms with van der Waals surface area (Å²) in [6, 6.07) is 8.26. The van der Waals surface area contributed by atoms with Crippen LogP contribution < -0.4 is 9.47 Å². The van der Waals surface area contributed by atoms with Crippen LogP contribution >= 0.6 is 15.9 Å². The molecule has 1 aromatic carbocycles. The number of rotatable bonds is 4. The van der Waals surface area contributed by atoms with Crippen LogP contribution in [0.4, 0.5) is 4.39 Å². The van der Waals surface area contributed by atoms with E-state index in [-0.39, 0.29) is 12.4 Å². The Hall–Kier alpha value is -1.62. The molecular weight excluding hydrogens is 313 g/mol. The summed E-state index contributed by atoms with van der Waals surface area (Å²) in [5.74, 6) is 0.836. The zero-order valence-electron chi connectivity index (χ0n) is 10.6. The molecule has 0 N–H and O–H groups in total. The summed E-state index contributed by atoms with van der Waals surface area (Å²) in [6.45, 7) is 2.14. The highest BCUT2D eigenvalue weighted by Crippen LogP contribution is 2.22. The molecule has 3 nitrogen and oxygen atoms in total. The van der Waals surface area contributed by atoms with Gasteiger partial charge in [0, 0.05) is 23.9 Å². The Kier molecular flexibility index (Phi) is 4.37. The zero-order chi connectivity index (χ0) is 13.8. The van der Waals surface area contributed by atoms with Crippen molar-refractivity contribution in [3.05, 3.63) is 52.0 Å². The predicted molar refractivity (Wildman–Crippen MR) is 74.0 cm³/mol. The molecule has 0 amide bonds. The van der Waals surface area contributed by atoms with E-state index in [1.165, 1.54) is 6.07 Å². The molecule has 0 saturated heterocycles. The lowest BCUT2D eigenvalue weighted by atomic mass is 10.3. The maximum Gasteiger partial charge on any atom is 0.141 e. The van der Waals surface area contributed by atoms with Crippen LogP contribution in [0.15, 0.2) is 34.8 Å². The van der Waals surface area contributed by atoms with E-state index in [9.17, 15) is 4.39 Å². The minimum Gasteiger partial charge on any atom is -0.497 e. The summed E-state index contributed by atoms with van der Waals surface area (Å²) in [6.07, 6.45) is 0. The minimum absolute atomic E-state index is 0.263. The molecule has 0 radical (unpaired) electrons. The molecule has 5 heteroatoms. The molecule has 2 aromatic rings. The second-order valence-electron chi connectivity index (χ2n) is 4.00. The lowest BCUT2D eigenvalue weighted by molar-refractivity contribution is 0.298. The smallest absolute Gasteiger partial charge is 0.141 e. The van der Waals surface area contributed by atoms with Crippen molar-refractivity contribution in [1.82, 2.24) is 4.98 Å². The summed E-state index contributed by atoms with van der Waals surface area (Å²) in [4.78, 5) is 4.33. The van der Waals surface area contributed by atoms with Crippen LogP contribution in [0.1, 0.15) is 11.4 Å². The molecule has 0 unspecified atom stereocenters. The molecule has 0 aliphatic rings. The number of aryl methyl sites for hydroxylation is 1. The maximum atomic E-state index is 13.3. The summed E-state index contributed by atoms with van der Waals surface area (Å²) in [5.41, 5.74) is 1.58. The fourth-order valence-electron chi connectivity index (χ4n) is 1.62. The van der Waals surface area contributed by atoms with Crippen LogP contribution in [0.3, 0.4) is 0 Å². The largest absolute Gasteiger partial charge is 0.497 e. The first-order valence-electron chi connectivity index (χ1n) is 5.68. The van der Waals surface area contributed by atoms with E-state index in [0.29, 0.717) is 10.2 Å². The van der Waals surface area contributed by atoms with Gasteiger partial charge in [0.25, 0.3) is 0 Å². The first-order chi connectivity index (χ1) is 9.08. The summed E-state index contributed by atoms with van der Waals surface area (Å²) >= 11 is 3.09. The van der Waals surface area contributed by atoms with E-state index >= 15 is 0 Å². The average Bonchev–Trinajstić information content (AvgIpc) is 2.39. The van der Waals surface area contributed by atoms with Gasteiger partial charge in [-0.15, -0.1) is 0 Å². The van der Waals surface area contributed by atoms with Gasteiger partial charge in [-0.25, -0.2) is 4.39 Å². The number of hydrogen-bond donors (Lipinski definition) is 0. The number of halogens is 2. The van der Waals surface area contributed by atoms with Gasteiger partial charge >= 0.3 is 0 Å². The van der Waals surface area contributed by atoms with Crippen LogP contribution in [0.5, 0.6) is 11.5 Å². The van der Waals surface area contributed by atoms with E-state index in [2.05, 4.69) is 20.9 Å². The van der Waals surface area contributed by atoms with Crippen LogP contribution in [0, 0.1) is 12.7 Å². The zero-order valence-corrected chi connectivity index (χ0v) is 12.2. The molecule has 100 valence electrons. The molecule has 19 heavy (non-hydrogen) atoms. The number of methoxy groups -OCH3 is 1. The summed E-state index contributed by atoms with van der Waals surface area (Å²) in [7, 11) is 1.60. The Balaban J connectivity index is 2.09. The van der Waals surface area contributed by atoms with E-state index in [4.69, 9.17) is 9.47 Å². The second-order valence-corrected chi connectivity index (χ2v) is 4.86. The second kappa shape index (κ2) is 6.02. The SMILES string of the molecule is COc1cc(C)nc(COc2ccc(Br)c(F)c2)c1. The van der Waals surface area contributed by atoms with E-state index in [0.717, 1.165) is 17.1 Å². The maximum absolute atomic E-state index is 13.3. The number of ether oxygens (including phenoxy) is 2. The fourth-order valence-corrected chi connectivity index (χ4v) is 1.87. The number of benzene rings is 1. The molecule has 0 aliphatic carbocycles. The Morgan fingerprint density at radius 2 is 2.00 bits per heavy atom. The normalized spacial score (nSPS) is 10.3. The molecule has 1 heterocycles. The van der Waals surface area contributed by atoms with Crippen molar-refractivity contribution in [1.29, 1.82) is 0 Å². The quantitative estimate of drug-likeness (QED) is 0.854. The number of pyridine rings is 1. The standard InChI is InChI=1S/C14H13BrFNO2/c1-9-5-12(18-2)6-10(17-9)8-19-11-3-4-13(15)14(16)7-11/h3-7H,8H2,1-2H3. The molecule has 2 rings (SSSR count). The van der Waals surface area contributed by atoms with Crippen LogP contribution in [-0.2, 0) is 6.61 Å². The third-order valence-electron chi connectivity index (χ3n) is 2.49. The Morgan fingerprint density at radius 1 is 1.21 bits per heavy atom. The van der Waals surface area contributed by atoms with E-state index in [1.807, 2.05) is 13.0 Å². The number of hydrogen-bond acceptors (Lipinski definition) is 3. The van der Waals surface area contributed by atoms with Crippen molar-refractivity contribution in [3.8, 4) is 11.5 Å². The third-order valence-corrected chi connectivity index (χ3v) is 3.14. The van der Waals surface area contributed by atoms with Gasteiger partial charge in [-0.05, 0) is 35.0 Å². The first-order valence-corrected chi connectivity index (χ1v) is 6.47. The minimum atomic E-state index is -0.354. The van der Waals surface area contributed by atoms with E-state index in [1.54, 1.807) is 25.3 Å². The van der Waals surface area contributed by atoms with Gasteiger partial charge in [0.05, 0.1) is 17.3 Å². The van der Waals surface area contributed by atoms with Gasteiger partial charge in [-0.3, -0.25) is 4.98 Å². The van der Waals surface area contributed by atoms with Crippen LogP contribution in [0.2, 0.25) is 0 Å². The highest BCUT2D eigenvalue weighted by molar-refractivity contribution is 9.10. The lowest BCUT2D eigenvalue weighted by Gasteiger charge is -2.08. The van der Waals surface area contributed by atoms with Crippen molar-refractivity contribution in [2.75, 3.05) is 7.11 Å². The van der Waals surface area contributed by atoms with Gasteiger partial charge in [-0.2, -0.15) is 0 Å². The van der Waals surface area contributed by atoms with Gasteiger partial charge in [0.1, 0.15) is 23.9 Å².